The first kappa shape index (κ1) is 22.3. The van der Waals surface area contributed by atoms with E-state index < -0.39 is 21.5 Å². The largest absolute Gasteiger partial charge is 0.497 e. The zero-order chi connectivity index (χ0) is 22.7. The average molecular weight is 477 g/mol. The SMILES string of the molecule is COc1ccc(S(=O)(=O)CC(=O)N2CCC(Oc3nc4cc(OC)ccc4s3)CC2)cc1. The summed E-state index contributed by atoms with van der Waals surface area (Å²) >= 11 is 1.47. The van der Waals surface area contributed by atoms with Crippen LogP contribution in [0.25, 0.3) is 10.2 Å². The van der Waals surface area contributed by atoms with Gasteiger partial charge in [-0.2, -0.15) is 0 Å². The van der Waals surface area contributed by atoms with Gasteiger partial charge in [-0.3, -0.25) is 4.79 Å². The van der Waals surface area contributed by atoms with Crippen molar-refractivity contribution in [3.63, 3.8) is 0 Å². The number of carbonyl (C=O) groups is 1. The van der Waals surface area contributed by atoms with Gasteiger partial charge in [0.1, 0.15) is 23.4 Å². The number of hydrogen-bond donors (Lipinski definition) is 0. The Morgan fingerprint density at radius 1 is 1.06 bits per heavy atom. The van der Waals surface area contributed by atoms with Crippen LogP contribution in [0.3, 0.4) is 0 Å². The molecule has 0 saturated carbocycles. The van der Waals surface area contributed by atoms with Gasteiger partial charge in [-0.15, -0.1) is 0 Å². The highest BCUT2D eigenvalue weighted by Gasteiger charge is 2.28. The van der Waals surface area contributed by atoms with E-state index in [9.17, 15) is 13.2 Å². The second-order valence-corrected chi connectivity index (χ2v) is 10.4. The van der Waals surface area contributed by atoms with Gasteiger partial charge in [0, 0.05) is 32.0 Å². The molecule has 8 nitrogen and oxygen atoms in total. The molecule has 0 atom stereocenters. The molecule has 1 fully saturated rings. The summed E-state index contributed by atoms with van der Waals surface area (Å²) in [5.74, 6) is 0.353. The van der Waals surface area contributed by atoms with Crippen LogP contribution in [0, 0.1) is 0 Å². The summed E-state index contributed by atoms with van der Waals surface area (Å²) < 4.78 is 42.5. The Labute approximate surface area is 190 Å². The minimum atomic E-state index is -3.71. The van der Waals surface area contributed by atoms with E-state index in [-0.39, 0.29) is 11.0 Å². The van der Waals surface area contributed by atoms with Gasteiger partial charge in [0.2, 0.25) is 5.91 Å². The second-order valence-electron chi connectivity index (χ2n) is 7.45. The van der Waals surface area contributed by atoms with Gasteiger partial charge in [-0.25, -0.2) is 13.4 Å². The Hall–Kier alpha value is -2.85. The van der Waals surface area contributed by atoms with E-state index >= 15 is 0 Å². The Kier molecular flexibility index (Phi) is 6.52. The van der Waals surface area contributed by atoms with Crippen molar-refractivity contribution >= 4 is 37.3 Å². The van der Waals surface area contributed by atoms with Gasteiger partial charge in [-0.05, 0) is 36.4 Å². The van der Waals surface area contributed by atoms with E-state index in [0.717, 1.165) is 16.0 Å². The Balaban J connectivity index is 1.32. The third-order valence-corrected chi connectivity index (χ3v) is 7.91. The lowest BCUT2D eigenvalue weighted by Gasteiger charge is -2.31. The molecule has 4 rings (SSSR count). The highest BCUT2D eigenvalue weighted by molar-refractivity contribution is 7.92. The number of thiazole rings is 1. The van der Waals surface area contributed by atoms with E-state index in [4.69, 9.17) is 14.2 Å². The Morgan fingerprint density at radius 2 is 1.72 bits per heavy atom. The molecule has 1 saturated heterocycles. The van der Waals surface area contributed by atoms with E-state index in [1.165, 1.54) is 30.6 Å². The van der Waals surface area contributed by atoms with Crippen LogP contribution in [0.15, 0.2) is 47.4 Å². The van der Waals surface area contributed by atoms with Crippen molar-refractivity contribution < 1.29 is 27.4 Å². The molecular formula is C22H24N2O6S2. The van der Waals surface area contributed by atoms with Gasteiger partial charge < -0.3 is 19.1 Å². The summed E-state index contributed by atoms with van der Waals surface area (Å²) in [6.07, 6.45) is 1.17. The van der Waals surface area contributed by atoms with Gasteiger partial charge in [0.25, 0.3) is 5.19 Å². The van der Waals surface area contributed by atoms with Crippen molar-refractivity contribution in [1.29, 1.82) is 0 Å². The maximum Gasteiger partial charge on any atom is 0.274 e. The van der Waals surface area contributed by atoms with Crippen LogP contribution in [0.5, 0.6) is 16.7 Å². The molecule has 0 bridgehead atoms. The highest BCUT2D eigenvalue weighted by atomic mass is 32.2. The first-order valence-electron chi connectivity index (χ1n) is 10.1. The fourth-order valence-corrected chi connectivity index (χ4v) is 5.64. The fourth-order valence-electron chi connectivity index (χ4n) is 3.55. The molecule has 3 aromatic rings. The van der Waals surface area contributed by atoms with Crippen LogP contribution in [0.2, 0.25) is 0 Å². The van der Waals surface area contributed by atoms with E-state index in [2.05, 4.69) is 4.98 Å². The number of rotatable bonds is 7. The quantitative estimate of drug-likeness (QED) is 0.517. The maximum absolute atomic E-state index is 12.6. The van der Waals surface area contributed by atoms with Crippen molar-refractivity contribution in [3.8, 4) is 16.7 Å². The lowest BCUT2D eigenvalue weighted by Crippen LogP contribution is -2.44. The number of methoxy groups -OCH3 is 2. The van der Waals surface area contributed by atoms with Crippen molar-refractivity contribution in [3.05, 3.63) is 42.5 Å². The summed E-state index contributed by atoms with van der Waals surface area (Å²) in [4.78, 5) is 18.8. The van der Waals surface area contributed by atoms with Gasteiger partial charge >= 0.3 is 0 Å². The molecule has 1 aliphatic rings. The van der Waals surface area contributed by atoms with Crippen molar-refractivity contribution in [2.75, 3.05) is 33.1 Å². The zero-order valence-corrected chi connectivity index (χ0v) is 19.4. The number of likely N-dealkylation sites (tertiary alicyclic amines) is 1. The monoisotopic (exact) mass is 476 g/mol. The number of piperidine rings is 1. The third-order valence-electron chi connectivity index (χ3n) is 5.37. The lowest BCUT2D eigenvalue weighted by molar-refractivity contribution is -0.130. The smallest absolute Gasteiger partial charge is 0.274 e. The number of amides is 1. The molecule has 0 spiro atoms. The standard InChI is InChI=1S/C22H24N2O6S2/c1-28-15-3-6-18(7-4-15)32(26,27)14-21(25)24-11-9-16(10-12-24)30-22-23-19-13-17(29-2)5-8-20(19)31-22/h3-8,13,16H,9-12,14H2,1-2H3. The molecule has 170 valence electrons. The molecule has 0 N–H and O–H groups in total. The van der Waals surface area contributed by atoms with Crippen LogP contribution in [0.4, 0.5) is 0 Å². The van der Waals surface area contributed by atoms with E-state index in [1.54, 1.807) is 24.1 Å². The van der Waals surface area contributed by atoms with E-state index in [1.807, 2.05) is 18.2 Å². The molecule has 0 radical (unpaired) electrons. The van der Waals surface area contributed by atoms with Crippen molar-refractivity contribution in [1.82, 2.24) is 9.88 Å². The summed E-state index contributed by atoms with van der Waals surface area (Å²) in [6, 6.07) is 11.7. The summed E-state index contributed by atoms with van der Waals surface area (Å²) in [6.45, 7) is 0.890. The second kappa shape index (κ2) is 9.33. The van der Waals surface area contributed by atoms with Crippen LogP contribution >= 0.6 is 11.3 Å². The Bertz CT molecular complexity index is 1200. The van der Waals surface area contributed by atoms with Gasteiger partial charge in [0.15, 0.2) is 9.84 Å². The van der Waals surface area contributed by atoms with Crippen LogP contribution < -0.4 is 14.2 Å². The minimum Gasteiger partial charge on any atom is -0.497 e. The Morgan fingerprint density at radius 3 is 2.38 bits per heavy atom. The number of fused-ring (bicyclic) bond motifs is 1. The lowest BCUT2D eigenvalue weighted by atomic mass is 10.1. The van der Waals surface area contributed by atoms with Gasteiger partial charge in [-0.1, -0.05) is 11.3 Å². The summed E-state index contributed by atoms with van der Waals surface area (Å²) in [7, 11) is -0.591. The summed E-state index contributed by atoms with van der Waals surface area (Å²) in [5, 5.41) is 0.583. The number of nitrogens with zero attached hydrogens (tertiary/aromatic N) is 2. The van der Waals surface area contributed by atoms with Crippen LogP contribution in [0.1, 0.15) is 12.8 Å². The number of aromatic nitrogens is 1. The predicted molar refractivity (Wildman–Crippen MR) is 121 cm³/mol. The highest BCUT2D eigenvalue weighted by Crippen LogP contribution is 2.32. The molecule has 2 heterocycles. The molecule has 0 aliphatic carbocycles. The minimum absolute atomic E-state index is 0.0697. The number of sulfone groups is 1. The predicted octanol–water partition coefficient (Wildman–Crippen LogP) is 3.16. The number of ether oxygens (including phenoxy) is 3. The van der Waals surface area contributed by atoms with Crippen molar-refractivity contribution in [2.24, 2.45) is 0 Å². The molecule has 1 aromatic heterocycles. The number of carbonyl (C=O) groups excluding carboxylic acids is 1. The molecule has 0 unspecified atom stereocenters. The first-order valence-corrected chi connectivity index (χ1v) is 12.6. The molecule has 1 aliphatic heterocycles. The molecule has 10 heteroatoms. The van der Waals surface area contributed by atoms with Crippen molar-refractivity contribution in [2.45, 2.75) is 23.8 Å². The molecule has 2 aromatic carbocycles. The third kappa shape index (κ3) is 4.97. The van der Waals surface area contributed by atoms with Crippen LogP contribution in [-0.4, -0.2) is 63.4 Å². The zero-order valence-electron chi connectivity index (χ0n) is 17.8. The average Bonchev–Trinajstić information content (AvgIpc) is 3.20. The molecule has 1 amide bonds. The first-order chi connectivity index (χ1) is 15.4. The van der Waals surface area contributed by atoms with Gasteiger partial charge in [0.05, 0.1) is 29.3 Å². The van der Waals surface area contributed by atoms with Crippen LogP contribution in [-0.2, 0) is 14.6 Å². The normalized spacial score (nSPS) is 15.0. The maximum atomic E-state index is 12.6. The number of hydrogen-bond acceptors (Lipinski definition) is 8. The molecular weight excluding hydrogens is 452 g/mol. The van der Waals surface area contributed by atoms with E-state index in [0.29, 0.717) is 36.9 Å². The molecule has 32 heavy (non-hydrogen) atoms. The topological polar surface area (TPSA) is 95.0 Å². The number of benzene rings is 2. The summed E-state index contributed by atoms with van der Waals surface area (Å²) in [5.41, 5.74) is 0.820. The fraction of sp³-hybridized carbons (Fsp3) is 0.364.